The van der Waals surface area contributed by atoms with E-state index in [1.54, 1.807) is 29.2 Å². The number of carbonyl (C=O) groups excluding carboxylic acids is 2. The van der Waals surface area contributed by atoms with Crippen LogP contribution in [-0.4, -0.2) is 44.1 Å². The van der Waals surface area contributed by atoms with Crippen LogP contribution < -0.4 is 0 Å². The van der Waals surface area contributed by atoms with Gasteiger partial charge in [0.25, 0.3) is 0 Å². The maximum Gasteiger partial charge on any atom is 0.323 e. The van der Waals surface area contributed by atoms with E-state index in [-0.39, 0.29) is 29.1 Å². The Kier molecular flexibility index (Phi) is 4.91. The van der Waals surface area contributed by atoms with E-state index in [0.717, 1.165) is 0 Å². The summed E-state index contributed by atoms with van der Waals surface area (Å²) in [7, 11) is 0. The number of aliphatic carboxylic acids is 1. The molecule has 2 N–H and O–H groups in total. The molecular weight excluding hydrogens is 452 g/mol. The van der Waals surface area contributed by atoms with Gasteiger partial charge in [0.2, 0.25) is 0 Å². The average Bonchev–Trinajstić information content (AvgIpc) is 3.06. The molecule has 3 aliphatic rings. The molecule has 35 heavy (non-hydrogen) atoms. The van der Waals surface area contributed by atoms with Crippen molar-refractivity contribution in [2.75, 3.05) is 6.54 Å². The van der Waals surface area contributed by atoms with Gasteiger partial charge >= 0.3 is 11.7 Å². The highest BCUT2D eigenvalue weighted by Gasteiger charge is 2.49. The number of carboxylic acids is 1. The van der Waals surface area contributed by atoms with Crippen molar-refractivity contribution < 1.29 is 29.5 Å². The summed E-state index contributed by atoms with van der Waals surface area (Å²) in [5.74, 6) is -3.15. The number of ketones is 2. The lowest BCUT2D eigenvalue weighted by molar-refractivity contribution is -0.385. The Morgan fingerprint density at radius 1 is 1.11 bits per heavy atom. The van der Waals surface area contributed by atoms with E-state index in [0.29, 0.717) is 34.5 Å². The molecule has 1 unspecified atom stereocenters. The summed E-state index contributed by atoms with van der Waals surface area (Å²) in [6.45, 7) is 3.41. The second kappa shape index (κ2) is 7.63. The van der Waals surface area contributed by atoms with Crippen molar-refractivity contribution in [1.82, 2.24) is 4.90 Å². The van der Waals surface area contributed by atoms with Crippen molar-refractivity contribution in [1.29, 1.82) is 0 Å². The van der Waals surface area contributed by atoms with Crippen LogP contribution in [0, 0.1) is 15.5 Å². The summed E-state index contributed by atoms with van der Waals surface area (Å²) in [5.41, 5.74) is 1.72. The lowest BCUT2D eigenvalue weighted by Crippen LogP contribution is -2.41. The number of nitro benzene ring substituents is 1. The molecule has 0 fully saturated rings. The van der Waals surface area contributed by atoms with Crippen LogP contribution in [0.1, 0.15) is 54.1 Å². The number of carbonyl (C=O) groups is 3. The summed E-state index contributed by atoms with van der Waals surface area (Å²) < 4.78 is 0. The van der Waals surface area contributed by atoms with E-state index < -0.39 is 40.2 Å². The first-order valence-corrected chi connectivity index (χ1v) is 11.1. The second-order valence-electron chi connectivity index (χ2n) is 9.86. The number of benzene rings is 2. The van der Waals surface area contributed by atoms with Gasteiger partial charge in [0, 0.05) is 46.4 Å². The zero-order chi connectivity index (χ0) is 25.2. The van der Waals surface area contributed by atoms with Gasteiger partial charge in [0.15, 0.2) is 17.3 Å². The molecule has 0 aromatic heterocycles. The van der Waals surface area contributed by atoms with Gasteiger partial charge in [-0.05, 0) is 23.5 Å². The molecule has 0 saturated carbocycles. The zero-order valence-corrected chi connectivity index (χ0v) is 19.1. The molecule has 2 aliphatic carbocycles. The molecule has 2 aromatic rings. The molecule has 1 heterocycles. The Hall–Kier alpha value is -4.27. The minimum atomic E-state index is -1.12. The van der Waals surface area contributed by atoms with Crippen molar-refractivity contribution >= 4 is 28.9 Å². The number of hydrogen-bond donors (Lipinski definition) is 2. The van der Waals surface area contributed by atoms with E-state index in [4.69, 9.17) is 0 Å². The fourth-order valence-corrected chi connectivity index (χ4v) is 5.50. The van der Waals surface area contributed by atoms with Crippen molar-refractivity contribution in [2.24, 2.45) is 5.41 Å². The van der Waals surface area contributed by atoms with Crippen LogP contribution in [0.4, 0.5) is 5.69 Å². The number of phenols is 1. The number of nitro groups is 1. The minimum Gasteiger partial charge on any atom is -0.502 e. The number of carboxylic acid groups (broad SMARTS) is 1. The Morgan fingerprint density at radius 3 is 2.46 bits per heavy atom. The minimum absolute atomic E-state index is 0.188. The van der Waals surface area contributed by atoms with E-state index >= 15 is 0 Å². The SMILES string of the molecule is CC1(C)CC(=O)C2=C(C1)N(CC(=O)O)C1=C(C(=O)c3ccccc31)C2c1ccc(O)c([N+](=O)[O-])c1. The maximum absolute atomic E-state index is 13.7. The van der Waals surface area contributed by atoms with Gasteiger partial charge in [-0.3, -0.25) is 24.5 Å². The first kappa shape index (κ1) is 22.5. The third-order valence-corrected chi connectivity index (χ3v) is 6.82. The molecular formula is C26H22N2O7. The highest BCUT2D eigenvalue weighted by Crippen LogP contribution is 2.55. The Balaban J connectivity index is 1.84. The quantitative estimate of drug-likeness (QED) is 0.500. The van der Waals surface area contributed by atoms with Crippen LogP contribution in [-0.2, 0) is 9.59 Å². The van der Waals surface area contributed by atoms with Gasteiger partial charge in [-0.15, -0.1) is 0 Å². The van der Waals surface area contributed by atoms with Crippen molar-refractivity contribution in [3.05, 3.63) is 86.1 Å². The van der Waals surface area contributed by atoms with Crippen LogP contribution >= 0.6 is 0 Å². The lowest BCUT2D eigenvalue weighted by atomic mass is 9.68. The smallest absolute Gasteiger partial charge is 0.323 e. The lowest BCUT2D eigenvalue weighted by Gasteiger charge is -2.44. The number of allylic oxidation sites excluding steroid dienone is 3. The fraction of sp³-hybridized carbons (Fsp3) is 0.269. The molecule has 9 heteroatoms. The van der Waals surface area contributed by atoms with Gasteiger partial charge in [-0.2, -0.15) is 0 Å². The van der Waals surface area contributed by atoms with Gasteiger partial charge in [-0.1, -0.05) is 44.2 Å². The topological polar surface area (TPSA) is 138 Å². The molecule has 178 valence electrons. The number of aromatic hydroxyl groups is 1. The molecule has 1 aliphatic heterocycles. The summed E-state index contributed by atoms with van der Waals surface area (Å²) in [6, 6.07) is 10.7. The van der Waals surface area contributed by atoms with Crippen LogP contribution in [0.15, 0.2) is 59.3 Å². The molecule has 0 bridgehead atoms. The maximum atomic E-state index is 13.7. The predicted molar refractivity (Wildman–Crippen MR) is 125 cm³/mol. The third-order valence-electron chi connectivity index (χ3n) is 6.82. The van der Waals surface area contributed by atoms with Crippen molar-refractivity contribution in [3.8, 4) is 5.75 Å². The molecule has 5 rings (SSSR count). The van der Waals surface area contributed by atoms with Crippen LogP contribution in [0.2, 0.25) is 0 Å². The Morgan fingerprint density at radius 2 is 1.80 bits per heavy atom. The molecule has 2 aromatic carbocycles. The summed E-state index contributed by atoms with van der Waals surface area (Å²) in [4.78, 5) is 51.6. The summed E-state index contributed by atoms with van der Waals surface area (Å²) in [5, 5.41) is 31.3. The van der Waals surface area contributed by atoms with E-state index in [1.165, 1.54) is 18.2 Å². The molecule has 0 saturated heterocycles. The van der Waals surface area contributed by atoms with Gasteiger partial charge in [-0.25, -0.2) is 0 Å². The Labute approximate surface area is 200 Å². The largest absolute Gasteiger partial charge is 0.502 e. The number of nitrogens with zero attached hydrogens (tertiary/aromatic N) is 2. The zero-order valence-electron chi connectivity index (χ0n) is 19.1. The molecule has 0 spiro atoms. The number of fused-ring (bicyclic) bond motifs is 2. The summed E-state index contributed by atoms with van der Waals surface area (Å²) >= 11 is 0. The van der Waals surface area contributed by atoms with Gasteiger partial charge in [0.05, 0.1) is 10.6 Å². The fourth-order valence-electron chi connectivity index (χ4n) is 5.50. The average molecular weight is 474 g/mol. The first-order chi connectivity index (χ1) is 16.5. The van der Waals surface area contributed by atoms with Crippen molar-refractivity contribution in [3.63, 3.8) is 0 Å². The molecule has 1 atom stereocenters. The second-order valence-corrected chi connectivity index (χ2v) is 9.86. The number of phenolic OH excluding ortho intramolecular Hbond substituents is 1. The highest BCUT2D eigenvalue weighted by molar-refractivity contribution is 6.23. The van der Waals surface area contributed by atoms with Gasteiger partial charge < -0.3 is 15.1 Å². The number of Topliss-reactive ketones (excluding diaryl/α,β-unsaturated/α-hetero) is 2. The van der Waals surface area contributed by atoms with Crippen LogP contribution in [0.3, 0.4) is 0 Å². The predicted octanol–water partition coefficient (Wildman–Crippen LogP) is 4.04. The number of rotatable bonds is 4. The normalized spacial score (nSPS) is 20.5. The highest BCUT2D eigenvalue weighted by atomic mass is 16.6. The van der Waals surface area contributed by atoms with Crippen molar-refractivity contribution in [2.45, 2.75) is 32.6 Å². The van der Waals surface area contributed by atoms with E-state index in [1.807, 2.05) is 13.8 Å². The number of hydrogen-bond acceptors (Lipinski definition) is 7. The van der Waals surface area contributed by atoms with Gasteiger partial charge in [0.1, 0.15) is 6.54 Å². The van der Waals surface area contributed by atoms with E-state index in [2.05, 4.69) is 0 Å². The molecule has 9 nitrogen and oxygen atoms in total. The third kappa shape index (κ3) is 3.42. The standard InChI is InChI=1S/C26H22N2O7/c1-26(2)10-17-22(19(30)11-26)21(13-7-8-18(29)16(9-13)28(34)35)23-24(27(17)12-20(31)32)14-5-3-4-6-15(14)25(23)33/h3-9,21,29H,10-12H2,1-2H3,(H,31,32). The van der Waals surface area contributed by atoms with E-state index in [9.17, 15) is 34.7 Å². The molecule has 0 radical (unpaired) electrons. The van der Waals surface area contributed by atoms with Crippen LogP contribution in [0.25, 0.3) is 5.70 Å². The first-order valence-electron chi connectivity index (χ1n) is 11.1. The monoisotopic (exact) mass is 474 g/mol. The molecule has 0 amide bonds. The Bertz CT molecular complexity index is 1420. The van der Waals surface area contributed by atoms with Crippen LogP contribution in [0.5, 0.6) is 5.75 Å². The summed E-state index contributed by atoms with van der Waals surface area (Å²) in [6.07, 6.45) is 0.582.